The van der Waals surface area contributed by atoms with Crippen LogP contribution in [0.5, 0.6) is 0 Å². The van der Waals surface area contributed by atoms with Crippen LogP contribution in [0.25, 0.3) is 0 Å². The summed E-state index contributed by atoms with van der Waals surface area (Å²) in [5.41, 5.74) is 3.72. The van der Waals surface area contributed by atoms with Crippen molar-refractivity contribution in [3.63, 3.8) is 0 Å². The van der Waals surface area contributed by atoms with Gasteiger partial charge in [-0.2, -0.15) is 0 Å². The predicted molar refractivity (Wildman–Crippen MR) is 75.0 cm³/mol. The van der Waals surface area contributed by atoms with E-state index in [0.29, 0.717) is 6.42 Å². The van der Waals surface area contributed by atoms with Crippen molar-refractivity contribution < 1.29 is 4.79 Å². The Bertz CT molecular complexity index is 429. The van der Waals surface area contributed by atoms with Crippen molar-refractivity contribution in [3.8, 4) is 0 Å². The molecule has 2 rings (SSSR count). The third-order valence-corrected chi connectivity index (χ3v) is 3.47. The van der Waals surface area contributed by atoms with Crippen LogP contribution in [-0.4, -0.2) is 26.0 Å². The Labute approximate surface area is 109 Å². The first kappa shape index (κ1) is 13.1. The molecule has 1 aromatic carbocycles. The second kappa shape index (κ2) is 6.01. The summed E-state index contributed by atoms with van der Waals surface area (Å²) in [6.07, 6.45) is 3.71. The normalized spacial score (nSPS) is 14.4. The van der Waals surface area contributed by atoms with E-state index in [1.165, 1.54) is 11.1 Å². The Hall–Kier alpha value is -1.35. The fourth-order valence-corrected chi connectivity index (χ4v) is 2.54. The number of hydrogen-bond donors (Lipinski definition) is 1. The van der Waals surface area contributed by atoms with Crippen LogP contribution in [0.2, 0.25) is 0 Å². The average molecular weight is 246 g/mol. The molecule has 1 aromatic rings. The molecule has 0 fully saturated rings. The lowest BCUT2D eigenvalue weighted by Crippen LogP contribution is -2.35. The zero-order chi connectivity index (χ0) is 13.0. The van der Waals surface area contributed by atoms with E-state index in [2.05, 4.69) is 30.4 Å². The maximum atomic E-state index is 12.2. The number of amides is 1. The molecule has 0 radical (unpaired) electrons. The van der Waals surface area contributed by atoms with Crippen molar-refractivity contribution in [1.29, 1.82) is 0 Å². The van der Waals surface area contributed by atoms with Gasteiger partial charge in [-0.1, -0.05) is 17.7 Å². The number of aryl methyl sites for hydroxylation is 2. The summed E-state index contributed by atoms with van der Waals surface area (Å²) < 4.78 is 0. The quantitative estimate of drug-likeness (QED) is 0.827. The van der Waals surface area contributed by atoms with E-state index in [4.69, 9.17) is 0 Å². The average Bonchev–Trinajstić information content (AvgIpc) is 2.37. The molecule has 0 bridgehead atoms. The SMILES string of the molecule is CNCCCC(=O)N1CCCc2cc(C)ccc21. The van der Waals surface area contributed by atoms with E-state index in [0.717, 1.165) is 38.0 Å². The van der Waals surface area contributed by atoms with Gasteiger partial charge in [-0.3, -0.25) is 4.79 Å². The minimum absolute atomic E-state index is 0.259. The summed E-state index contributed by atoms with van der Waals surface area (Å²) in [6, 6.07) is 6.40. The minimum Gasteiger partial charge on any atom is -0.320 e. The second-order valence-corrected chi connectivity index (χ2v) is 4.99. The maximum absolute atomic E-state index is 12.2. The molecule has 1 amide bonds. The Kier molecular flexibility index (Phi) is 4.37. The van der Waals surface area contributed by atoms with E-state index in [-0.39, 0.29) is 5.91 Å². The molecule has 3 heteroatoms. The van der Waals surface area contributed by atoms with Crippen LogP contribution in [0.3, 0.4) is 0 Å². The highest BCUT2D eigenvalue weighted by Gasteiger charge is 2.21. The van der Waals surface area contributed by atoms with Gasteiger partial charge in [0.25, 0.3) is 0 Å². The summed E-state index contributed by atoms with van der Waals surface area (Å²) >= 11 is 0. The van der Waals surface area contributed by atoms with Gasteiger partial charge in [-0.15, -0.1) is 0 Å². The molecular weight excluding hydrogens is 224 g/mol. The second-order valence-electron chi connectivity index (χ2n) is 4.99. The van der Waals surface area contributed by atoms with Crippen LogP contribution in [0.4, 0.5) is 5.69 Å². The summed E-state index contributed by atoms with van der Waals surface area (Å²) in [5, 5.41) is 3.08. The summed E-state index contributed by atoms with van der Waals surface area (Å²) in [4.78, 5) is 14.2. The monoisotopic (exact) mass is 246 g/mol. The molecule has 0 atom stereocenters. The standard InChI is InChI=1S/C15H22N2O/c1-12-7-8-14-13(11-12)5-4-10-17(14)15(18)6-3-9-16-2/h7-8,11,16H,3-6,9-10H2,1-2H3. The molecule has 0 spiro atoms. The van der Waals surface area contributed by atoms with E-state index >= 15 is 0 Å². The number of fused-ring (bicyclic) bond motifs is 1. The first-order valence-corrected chi connectivity index (χ1v) is 6.77. The number of anilines is 1. The van der Waals surface area contributed by atoms with Crippen LogP contribution >= 0.6 is 0 Å². The van der Waals surface area contributed by atoms with Gasteiger partial charge in [0.05, 0.1) is 0 Å². The minimum atomic E-state index is 0.259. The lowest BCUT2D eigenvalue weighted by atomic mass is 9.99. The first-order valence-electron chi connectivity index (χ1n) is 6.77. The van der Waals surface area contributed by atoms with Gasteiger partial charge < -0.3 is 10.2 Å². The molecule has 1 heterocycles. The van der Waals surface area contributed by atoms with E-state index in [1.807, 2.05) is 11.9 Å². The summed E-state index contributed by atoms with van der Waals surface area (Å²) in [7, 11) is 1.92. The fourth-order valence-electron chi connectivity index (χ4n) is 2.54. The number of benzene rings is 1. The highest BCUT2D eigenvalue weighted by atomic mass is 16.2. The van der Waals surface area contributed by atoms with Crippen molar-refractivity contribution in [2.45, 2.75) is 32.6 Å². The van der Waals surface area contributed by atoms with Crippen LogP contribution < -0.4 is 10.2 Å². The third kappa shape index (κ3) is 2.91. The van der Waals surface area contributed by atoms with Crippen molar-refractivity contribution in [2.75, 3.05) is 25.0 Å². The molecule has 0 unspecified atom stereocenters. The van der Waals surface area contributed by atoms with Gasteiger partial charge in [0.15, 0.2) is 0 Å². The van der Waals surface area contributed by atoms with E-state index in [1.54, 1.807) is 0 Å². The molecule has 1 N–H and O–H groups in total. The number of rotatable bonds is 4. The highest BCUT2D eigenvalue weighted by Crippen LogP contribution is 2.28. The van der Waals surface area contributed by atoms with Crippen molar-refractivity contribution in [1.82, 2.24) is 5.32 Å². The van der Waals surface area contributed by atoms with Gasteiger partial charge in [0.2, 0.25) is 5.91 Å². The lowest BCUT2D eigenvalue weighted by molar-refractivity contribution is -0.118. The predicted octanol–water partition coefficient (Wildman–Crippen LogP) is 2.27. The van der Waals surface area contributed by atoms with Crippen LogP contribution in [-0.2, 0) is 11.2 Å². The van der Waals surface area contributed by atoms with Crippen LogP contribution in [0.15, 0.2) is 18.2 Å². The van der Waals surface area contributed by atoms with Crippen LogP contribution in [0.1, 0.15) is 30.4 Å². The molecular formula is C15H22N2O. The van der Waals surface area contributed by atoms with Gasteiger partial charge in [0, 0.05) is 18.7 Å². The van der Waals surface area contributed by atoms with Crippen molar-refractivity contribution in [3.05, 3.63) is 29.3 Å². The van der Waals surface area contributed by atoms with Gasteiger partial charge >= 0.3 is 0 Å². The van der Waals surface area contributed by atoms with Gasteiger partial charge in [-0.05, 0) is 51.4 Å². The van der Waals surface area contributed by atoms with Gasteiger partial charge in [-0.25, -0.2) is 0 Å². The molecule has 3 nitrogen and oxygen atoms in total. The Morgan fingerprint density at radius 1 is 1.44 bits per heavy atom. The fraction of sp³-hybridized carbons (Fsp3) is 0.533. The molecule has 98 valence electrons. The van der Waals surface area contributed by atoms with E-state index in [9.17, 15) is 4.79 Å². The number of nitrogens with zero attached hydrogens (tertiary/aromatic N) is 1. The molecule has 0 aliphatic carbocycles. The lowest BCUT2D eigenvalue weighted by Gasteiger charge is -2.30. The van der Waals surface area contributed by atoms with Crippen LogP contribution in [0, 0.1) is 6.92 Å². The smallest absolute Gasteiger partial charge is 0.227 e. The molecule has 1 aliphatic rings. The van der Waals surface area contributed by atoms with Crippen molar-refractivity contribution in [2.24, 2.45) is 0 Å². The third-order valence-electron chi connectivity index (χ3n) is 3.47. The zero-order valence-corrected chi connectivity index (χ0v) is 11.3. The molecule has 1 aliphatic heterocycles. The first-order chi connectivity index (χ1) is 8.72. The molecule has 18 heavy (non-hydrogen) atoms. The largest absolute Gasteiger partial charge is 0.320 e. The Morgan fingerprint density at radius 2 is 2.28 bits per heavy atom. The molecule has 0 saturated carbocycles. The molecule has 0 saturated heterocycles. The molecule has 0 aromatic heterocycles. The zero-order valence-electron chi connectivity index (χ0n) is 11.3. The number of nitrogens with one attached hydrogen (secondary N) is 1. The highest BCUT2D eigenvalue weighted by molar-refractivity contribution is 5.94. The number of carbonyl (C=O) groups is 1. The Morgan fingerprint density at radius 3 is 3.06 bits per heavy atom. The Balaban J connectivity index is 2.09. The summed E-state index contributed by atoms with van der Waals surface area (Å²) in [5.74, 6) is 0.259. The maximum Gasteiger partial charge on any atom is 0.227 e. The topological polar surface area (TPSA) is 32.3 Å². The number of hydrogen-bond acceptors (Lipinski definition) is 2. The summed E-state index contributed by atoms with van der Waals surface area (Å²) in [6.45, 7) is 3.88. The number of carbonyl (C=O) groups excluding carboxylic acids is 1. The van der Waals surface area contributed by atoms with Crippen molar-refractivity contribution >= 4 is 11.6 Å². The van der Waals surface area contributed by atoms with Gasteiger partial charge in [0.1, 0.15) is 0 Å². The van der Waals surface area contributed by atoms with E-state index < -0.39 is 0 Å².